The Morgan fingerprint density at radius 3 is 2.71 bits per heavy atom. The van der Waals surface area contributed by atoms with Crippen LogP contribution < -0.4 is 19.5 Å². The molecule has 3 rings (SSSR count). The average Bonchev–Trinajstić information content (AvgIpc) is 2.60. The van der Waals surface area contributed by atoms with Crippen LogP contribution >= 0.6 is 0 Å². The van der Waals surface area contributed by atoms with E-state index in [0.29, 0.717) is 13.2 Å². The molecule has 1 aliphatic rings. The van der Waals surface area contributed by atoms with Gasteiger partial charge in [-0.3, -0.25) is 4.79 Å². The average molecular weight is 327 g/mol. The zero-order valence-electron chi connectivity index (χ0n) is 13.9. The highest BCUT2D eigenvalue weighted by Gasteiger charge is 2.16. The minimum Gasteiger partial charge on any atom is -0.486 e. The minimum atomic E-state index is -0.166. The SMILES string of the molecule is Cc1ccccc1OCC(=O)N[C@H](C)c1ccc2c(c1)OCCO2. The Labute approximate surface area is 141 Å². The third kappa shape index (κ3) is 3.79. The molecule has 1 N–H and O–H groups in total. The summed E-state index contributed by atoms with van der Waals surface area (Å²) >= 11 is 0. The van der Waals surface area contributed by atoms with Crippen molar-refractivity contribution in [1.82, 2.24) is 5.32 Å². The Kier molecular flexibility index (Phi) is 4.89. The molecule has 0 aliphatic carbocycles. The van der Waals surface area contributed by atoms with E-state index in [0.717, 1.165) is 28.4 Å². The van der Waals surface area contributed by atoms with E-state index in [-0.39, 0.29) is 18.6 Å². The van der Waals surface area contributed by atoms with E-state index in [4.69, 9.17) is 14.2 Å². The predicted octanol–water partition coefficient (Wildman–Crippen LogP) is 3.02. The molecule has 1 aliphatic heterocycles. The van der Waals surface area contributed by atoms with Gasteiger partial charge >= 0.3 is 0 Å². The third-order valence-electron chi connectivity index (χ3n) is 3.90. The lowest BCUT2D eigenvalue weighted by Gasteiger charge is -2.21. The van der Waals surface area contributed by atoms with Crippen molar-refractivity contribution in [2.24, 2.45) is 0 Å². The molecule has 1 heterocycles. The molecule has 1 atom stereocenters. The van der Waals surface area contributed by atoms with Gasteiger partial charge in [0, 0.05) is 0 Å². The summed E-state index contributed by atoms with van der Waals surface area (Å²) < 4.78 is 16.7. The van der Waals surface area contributed by atoms with E-state index in [2.05, 4.69) is 5.32 Å². The summed E-state index contributed by atoms with van der Waals surface area (Å²) in [6.07, 6.45) is 0. The van der Waals surface area contributed by atoms with Crippen LogP contribution in [0.3, 0.4) is 0 Å². The summed E-state index contributed by atoms with van der Waals surface area (Å²) in [6, 6.07) is 13.2. The van der Waals surface area contributed by atoms with Gasteiger partial charge in [-0.15, -0.1) is 0 Å². The molecule has 0 saturated carbocycles. The molecule has 24 heavy (non-hydrogen) atoms. The van der Waals surface area contributed by atoms with Crippen LogP contribution in [0.1, 0.15) is 24.1 Å². The second kappa shape index (κ2) is 7.25. The lowest BCUT2D eigenvalue weighted by atomic mass is 10.1. The number of rotatable bonds is 5. The molecule has 2 aromatic rings. The zero-order valence-corrected chi connectivity index (χ0v) is 13.9. The lowest BCUT2D eigenvalue weighted by molar-refractivity contribution is -0.123. The van der Waals surface area contributed by atoms with Crippen molar-refractivity contribution in [2.45, 2.75) is 19.9 Å². The Balaban J connectivity index is 1.57. The molecule has 0 spiro atoms. The molecule has 5 heteroatoms. The molecule has 2 aromatic carbocycles. The Hall–Kier alpha value is -2.69. The van der Waals surface area contributed by atoms with Crippen LogP contribution in [0, 0.1) is 6.92 Å². The fourth-order valence-electron chi connectivity index (χ4n) is 2.56. The van der Waals surface area contributed by atoms with Crippen LogP contribution in [0.2, 0.25) is 0 Å². The van der Waals surface area contributed by atoms with Gasteiger partial charge in [-0.1, -0.05) is 24.3 Å². The van der Waals surface area contributed by atoms with Crippen LogP contribution in [0.25, 0.3) is 0 Å². The number of ether oxygens (including phenoxy) is 3. The van der Waals surface area contributed by atoms with Gasteiger partial charge in [-0.2, -0.15) is 0 Å². The monoisotopic (exact) mass is 327 g/mol. The summed E-state index contributed by atoms with van der Waals surface area (Å²) in [4.78, 5) is 12.1. The maximum Gasteiger partial charge on any atom is 0.258 e. The van der Waals surface area contributed by atoms with Crippen LogP contribution in [0.4, 0.5) is 0 Å². The maximum absolute atomic E-state index is 12.1. The van der Waals surface area contributed by atoms with Gasteiger partial charge in [-0.25, -0.2) is 0 Å². The highest BCUT2D eigenvalue weighted by atomic mass is 16.6. The number of carbonyl (C=O) groups is 1. The Morgan fingerprint density at radius 1 is 1.17 bits per heavy atom. The van der Waals surface area contributed by atoms with Crippen LogP contribution in [0.5, 0.6) is 17.2 Å². The first-order valence-electron chi connectivity index (χ1n) is 8.01. The number of hydrogen-bond donors (Lipinski definition) is 1. The van der Waals surface area contributed by atoms with Crippen molar-refractivity contribution in [1.29, 1.82) is 0 Å². The second-order valence-electron chi connectivity index (χ2n) is 5.75. The van der Waals surface area contributed by atoms with Gasteiger partial charge < -0.3 is 19.5 Å². The van der Waals surface area contributed by atoms with E-state index in [1.54, 1.807) is 0 Å². The fourth-order valence-corrected chi connectivity index (χ4v) is 2.56. The molecule has 0 fully saturated rings. The first kappa shape index (κ1) is 16.2. The maximum atomic E-state index is 12.1. The summed E-state index contributed by atoms with van der Waals surface area (Å²) in [5.74, 6) is 2.02. The molecule has 0 aromatic heterocycles. The second-order valence-corrected chi connectivity index (χ2v) is 5.75. The molecule has 126 valence electrons. The number of nitrogens with one attached hydrogen (secondary N) is 1. The lowest BCUT2D eigenvalue weighted by Crippen LogP contribution is -2.31. The Bertz CT molecular complexity index is 729. The number of benzene rings is 2. The van der Waals surface area contributed by atoms with Gasteiger partial charge in [0.2, 0.25) is 0 Å². The van der Waals surface area contributed by atoms with E-state index < -0.39 is 0 Å². The van der Waals surface area contributed by atoms with Gasteiger partial charge in [0.15, 0.2) is 18.1 Å². The van der Waals surface area contributed by atoms with E-state index in [1.165, 1.54) is 0 Å². The van der Waals surface area contributed by atoms with Gasteiger partial charge in [0.25, 0.3) is 5.91 Å². The standard InChI is InChI=1S/C19H21NO4/c1-13-5-3-4-6-16(13)24-12-19(21)20-14(2)15-7-8-17-18(11-15)23-10-9-22-17/h3-8,11,14H,9-10,12H2,1-2H3,(H,20,21)/t14-/m1/s1. The first-order chi connectivity index (χ1) is 11.6. The topological polar surface area (TPSA) is 56.8 Å². The summed E-state index contributed by atoms with van der Waals surface area (Å²) in [7, 11) is 0. The molecule has 0 bridgehead atoms. The zero-order chi connectivity index (χ0) is 16.9. The predicted molar refractivity (Wildman–Crippen MR) is 90.7 cm³/mol. The largest absolute Gasteiger partial charge is 0.486 e. The third-order valence-corrected chi connectivity index (χ3v) is 3.90. The smallest absolute Gasteiger partial charge is 0.258 e. The number of aryl methyl sites for hydroxylation is 1. The van der Waals surface area contributed by atoms with Crippen molar-refractivity contribution < 1.29 is 19.0 Å². The first-order valence-corrected chi connectivity index (χ1v) is 8.01. The highest BCUT2D eigenvalue weighted by molar-refractivity contribution is 5.78. The Morgan fingerprint density at radius 2 is 1.92 bits per heavy atom. The van der Waals surface area contributed by atoms with Crippen molar-refractivity contribution in [3.05, 3.63) is 53.6 Å². The summed E-state index contributed by atoms with van der Waals surface area (Å²) in [6.45, 7) is 4.97. The quantitative estimate of drug-likeness (QED) is 0.917. The van der Waals surface area contributed by atoms with Crippen molar-refractivity contribution in [3.8, 4) is 17.2 Å². The molecule has 1 amide bonds. The fraction of sp³-hybridized carbons (Fsp3) is 0.316. The minimum absolute atomic E-state index is 0.0141. The van der Waals surface area contributed by atoms with Gasteiger partial charge in [-0.05, 0) is 43.2 Å². The number of para-hydroxylation sites is 1. The number of amides is 1. The summed E-state index contributed by atoms with van der Waals surface area (Å²) in [5.41, 5.74) is 1.97. The highest BCUT2D eigenvalue weighted by Crippen LogP contribution is 2.32. The molecular formula is C19H21NO4. The van der Waals surface area contributed by atoms with Crippen molar-refractivity contribution >= 4 is 5.91 Å². The number of hydrogen-bond acceptors (Lipinski definition) is 4. The molecular weight excluding hydrogens is 306 g/mol. The van der Waals surface area contributed by atoms with Gasteiger partial charge in [0.1, 0.15) is 19.0 Å². The molecule has 0 radical (unpaired) electrons. The number of carbonyl (C=O) groups excluding carboxylic acids is 1. The van der Waals surface area contributed by atoms with Crippen molar-refractivity contribution in [2.75, 3.05) is 19.8 Å². The normalized spacial score (nSPS) is 13.9. The van der Waals surface area contributed by atoms with E-state index in [9.17, 15) is 4.79 Å². The van der Waals surface area contributed by atoms with Crippen LogP contribution in [-0.2, 0) is 4.79 Å². The van der Waals surface area contributed by atoms with Gasteiger partial charge in [0.05, 0.1) is 6.04 Å². The molecule has 0 unspecified atom stereocenters. The summed E-state index contributed by atoms with van der Waals surface area (Å²) in [5, 5.41) is 2.93. The van der Waals surface area contributed by atoms with Crippen LogP contribution in [0.15, 0.2) is 42.5 Å². The molecule has 0 saturated heterocycles. The van der Waals surface area contributed by atoms with Crippen LogP contribution in [-0.4, -0.2) is 25.7 Å². The van der Waals surface area contributed by atoms with E-state index in [1.807, 2.05) is 56.3 Å². The number of fused-ring (bicyclic) bond motifs is 1. The molecule has 5 nitrogen and oxygen atoms in total. The van der Waals surface area contributed by atoms with Crippen molar-refractivity contribution in [3.63, 3.8) is 0 Å². The van der Waals surface area contributed by atoms with E-state index >= 15 is 0 Å².